The maximum absolute atomic E-state index is 2.57. The Labute approximate surface area is 311 Å². The minimum absolute atomic E-state index is 0.833. The molecule has 0 saturated heterocycles. The van der Waals surface area contributed by atoms with E-state index in [2.05, 4.69) is 193 Å². The predicted molar refractivity (Wildman–Crippen MR) is 226 cm³/mol. The molecule has 1 nitrogen and oxygen atoms in total. The first-order valence-electron chi connectivity index (χ1n) is 18.8. The zero-order valence-corrected chi connectivity index (χ0v) is 29.7. The third-order valence-electron chi connectivity index (χ3n) is 11.2. The first-order chi connectivity index (χ1) is 26.3. The summed E-state index contributed by atoms with van der Waals surface area (Å²) in [6.45, 7) is 0. The number of rotatable bonds is 6. The molecule has 0 atom stereocenters. The van der Waals surface area contributed by atoms with Crippen LogP contribution < -0.4 is 4.90 Å². The van der Waals surface area contributed by atoms with Gasteiger partial charge in [-0.3, -0.25) is 0 Å². The highest BCUT2D eigenvalue weighted by Crippen LogP contribution is 2.52. The fourth-order valence-corrected chi connectivity index (χ4v) is 8.79. The third-order valence-corrected chi connectivity index (χ3v) is 11.2. The van der Waals surface area contributed by atoms with E-state index >= 15 is 0 Å². The second-order valence-electron chi connectivity index (χ2n) is 14.3. The van der Waals surface area contributed by atoms with Gasteiger partial charge in [-0.05, 0) is 115 Å². The minimum Gasteiger partial charge on any atom is -0.313 e. The van der Waals surface area contributed by atoms with Gasteiger partial charge in [-0.1, -0.05) is 164 Å². The van der Waals surface area contributed by atoms with Gasteiger partial charge in [-0.2, -0.15) is 0 Å². The van der Waals surface area contributed by atoms with Crippen molar-refractivity contribution in [3.63, 3.8) is 0 Å². The lowest BCUT2D eigenvalue weighted by molar-refractivity contribution is 0.956. The van der Waals surface area contributed by atoms with E-state index in [0.29, 0.717) is 0 Å². The summed E-state index contributed by atoms with van der Waals surface area (Å²) in [7, 11) is 0. The summed E-state index contributed by atoms with van der Waals surface area (Å²) in [5.74, 6) is 0. The lowest BCUT2D eigenvalue weighted by atomic mass is 9.87. The Morgan fingerprint density at radius 3 is 2.13 bits per heavy atom. The standard InChI is InChI=1S/C52H39N/c1-4-16-36(17-5-1)37-30-32-42(33-31-37)53(49-28-9-3-8-25-44(49)39-18-6-2-7-19-39)50-29-15-23-41-35-48-47(51(41)50)34-40-21-11-13-26-45(40)52(48)46-27-14-22-38-20-10-12-24-43(38)46/h1-6,8-18,20-27,29-34H,7,19,28,35H2. The van der Waals surface area contributed by atoms with Crippen LogP contribution in [-0.2, 0) is 6.42 Å². The monoisotopic (exact) mass is 677 g/mol. The second-order valence-corrected chi connectivity index (χ2v) is 14.3. The second kappa shape index (κ2) is 13.3. The topological polar surface area (TPSA) is 3.24 Å². The van der Waals surface area contributed by atoms with Crippen molar-refractivity contribution < 1.29 is 0 Å². The molecule has 7 aromatic rings. The first kappa shape index (κ1) is 31.3. The van der Waals surface area contributed by atoms with Gasteiger partial charge in [0.25, 0.3) is 0 Å². The highest BCUT2D eigenvalue weighted by atomic mass is 15.2. The van der Waals surface area contributed by atoms with Crippen LogP contribution in [0.5, 0.6) is 0 Å². The van der Waals surface area contributed by atoms with Gasteiger partial charge in [0, 0.05) is 23.4 Å². The van der Waals surface area contributed by atoms with Crippen LogP contribution in [0.25, 0.3) is 54.9 Å². The summed E-state index contributed by atoms with van der Waals surface area (Å²) < 4.78 is 0. The van der Waals surface area contributed by atoms with Crippen LogP contribution in [0.2, 0.25) is 0 Å². The number of hydrogen-bond acceptors (Lipinski definition) is 1. The molecule has 0 spiro atoms. The van der Waals surface area contributed by atoms with Gasteiger partial charge in [0.05, 0.1) is 5.69 Å². The molecule has 3 aliphatic carbocycles. The lowest BCUT2D eigenvalue weighted by Gasteiger charge is -2.32. The number of fused-ring (bicyclic) bond motifs is 5. The molecule has 0 saturated carbocycles. The number of anilines is 2. The molecule has 0 aromatic heterocycles. The van der Waals surface area contributed by atoms with E-state index in [1.807, 2.05) is 0 Å². The maximum atomic E-state index is 2.57. The number of benzene rings is 7. The van der Waals surface area contributed by atoms with Crippen LogP contribution in [0.1, 0.15) is 30.4 Å². The molecule has 0 aliphatic heterocycles. The summed E-state index contributed by atoms with van der Waals surface area (Å²) in [6, 6.07) is 53.9. The third kappa shape index (κ3) is 5.48. The Morgan fingerprint density at radius 2 is 1.28 bits per heavy atom. The van der Waals surface area contributed by atoms with Gasteiger partial charge in [-0.15, -0.1) is 0 Å². The molecule has 0 unspecified atom stereocenters. The van der Waals surface area contributed by atoms with Crippen LogP contribution in [0, 0.1) is 0 Å². The van der Waals surface area contributed by atoms with Crippen molar-refractivity contribution in [2.75, 3.05) is 4.90 Å². The van der Waals surface area contributed by atoms with E-state index in [4.69, 9.17) is 0 Å². The van der Waals surface area contributed by atoms with E-state index in [-0.39, 0.29) is 0 Å². The zero-order chi connectivity index (χ0) is 35.1. The van der Waals surface area contributed by atoms with E-state index in [9.17, 15) is 0 Å². The van der Waals surface area contributed by atoms with Crippen LogP contribution in [0.3, 0.4) is 0 Å². The molecule has 0 radical (unpaired) electrons. The van der Waals surface area contributed by atoms with E-state index in [0.717, 1.165) is 25.7 Å². The number of hydrogen-bond donors (Lipinski definition) is 0. The van der Waals surface area contributed by atoms with Crippen LogP contribution in [-0.4, -0.2) is 0 Å². The molecule has 7 aromatic carbocycles. The molecular formula is C52H39N. The van der Waals surface area contributed by atoms with Gasteiger partial charge in [0.2, 0.25) is 0 Å². The summed E-state index contributed by atoms with van der Waals surface area (Å²) in [5.41, 5.74) is 17.0. The zero-order valence-electron chi connectivity index (χ0n) is 29.7. The van der Waals surface area contributed by atoms with Crippen molar-refractivity contribution in [3.8, 4) is 33.4 Å². The summed E-state index contributed by atoms with van der Waals surface area (Å²) in [6.07, 6.45) is 19.7. The molecule has 0 heterocycles. The van der Waals surface area contributed by atoms with E-state index in [1.165, 1.54) is 94.3 Å². The van der Waals surface area contributed by atoms with Gasteiger partial charge < -0.3 is 4.90 Å². The molecular weight excluding hydrogens is 639 g/mol. The fourth-order valence-electron chi connectivity index (χ4n) is 8.79. The predicted octanol–water partition coefficient (Wildman–Crippen LogP) is 14.1. The quantitative estimate of drug-likeness (QED) is 0.169. The number of allylic oxidation sites excluding steroid dienone is 9. The van der Waals surface area contributed by atoms with Gasteiger partial charge >= 0.3 is 0 Å². The average Bonchev–Trinajstić information content (AvgIpc) is 3.43. The van der Waals surface area contributed by atoms with Crippen molar-refractivity contribution in [2.45, 2.75) is 25.7 Å². The van der Waals surface area contributed by atoms with Gasteiger partial charge in [0.1, 0.15) is 0 Å². The molecule has 252 valence electrons. The largest absolute Gasteiger partial charge is 0.313 e. The Hall–Kier alpha value is -6.44. The smallest absolute Gasteiger partial charge is 0.0540 e. The van der Waals surface area contributed by atoms with Crippen molar-refractivity contribution in [1.29, 1.82) is 0 Å². The van der Waals surface area contributed by atoms with Crippen LogP contribution >= 0.6 is 0 Å². The molecule has 0 fully saturated rings. The van der Waals surface area contributed by atoms with Crippen molar-refractivity contribution >= 4 is 32.9 Å². The summed E-state index contributed by atoms with van der Waals surface area (Å²) in [5, 5.41) is 5.15. The molecule has 1 heteroatoms. The normalized spacial score (nSPS) is 14.7. The minimum atomic E-state index is 0.833. The molecule has 0 bridgehead atoms. The highest BCUT2D eigenvalue weighted by molar-refractivity contribution is 6.11. The Morgan fingerprint density at radius 1 is 0.528 bits per heavy atom. The molecule has 0 N–H and O–H groups in total. The fraction of sp³-hybridized carbons (Fsp3) is 0.0769. The SMILES string of the molecule is C1=CCCC(C2=C(N(c3ccc(-c4ccccc4)cc3)c3cccc4c3-c3cc5ccccc5c(-c5cccc6ccccc56)c3C4)CC=CC=C2)=C1. The molecule has 3 aliphatic rings. The average molecular weight is 678 g/mol. The van der Waals surface area contributed by atoms with Gasteiger partial charge in [-0.25, -0.2) is 0 Å². The molecule has 0 amide bonds. The van der Waals surface area contributed by atoms with E-state index < -0.39 is 0 Å². The maximum Gasteiger partial charge on any atom is 0.0540 e. The van der Waals surface area contributed by atoms with Crippen LogP contribution in [0.4, 0.5) is 11.4 Å². The van der Waals surface area contributed by atoms with E-state index in [1.54, 1.807) is 0 Å². The Bertz CT molecular complexity index is 2690. The van der Waals surface area contributed by atoms with Crippen molar-refractivity contribution in [1.82, 2.24) is 0 Å². The lowest BCUT2D eigenvalue weighted by Crippen LogP contribution is -2.19. The number of nitrogens with zero attached hydrogens (tertiary/aromatic N) is 1. The Balaban J connectivity index is 1.23. The summed E-state index contributed by atoms with van der Waals surface area (Å²) in [4.78, 5) is 2.57. The summed E-state index contributed by atoms with van der Waals surface area (Å²) >= 11 is 0. The molecule has 10 rings (SSSR count). The van der Waals surface area contributed by atoms with Crippen molar-refractivity contribution in [3.05, 3.63) is 216 Å². The van der Waals surface area contributed by atoms with Crippen molar-refractivity contribution in [2.24, 2.45) is 0 Å². The Kier molecular flexibility index (Phi) is 7.84. The molecule has 53 heavy (non-hydrogen) atoms. The van der Waals surface area contributed by atoms with Gasteiger partial charge in [0.15, 0.2) is 0 Å². The first-order valence-corrected chi connectivity index (χ1v) is 18.8. The van der Waals surface area contributed by atoms with Crippen LogP contribution in [0.15, 0.2) is 205 Å². The highest BCUT2D eigenvalue weighted by Gasteiger charge is 2.30.